The van der Waals surface area contributed by atoms with E-state index in [0.29, 0.717) is 5.92 Å². The van der Waals surface area contributed by atoms with E-state index < -0.39 is 9.84 Å². The van der Waals surface area contributed by atoms with Gasteiger partial charge in [-0.2, -0.15) is 0 Å². The second kappa shape index (κ2) is 6.82. The highest BCUT2D eigenvalue weighted by Crippen LogP contribution is 2.37. The second-order valence-corrected chi connectivity index (χ2v) is 8.66. The number of rotatable bonds is 5. The number of likely N-dealkylation sites (N-methyl/N-ethyl adjacent to an activating group) is 1. The van der Waals surface area contributed by atoms with Crippen LogP contribution in [-0.4, -0.2) is 44.3 Å². The summed E-state index contributed by atoms with van der Waals surface area (Å²) in [4.78, 5) is 14.0. The van der Waals surface area contributed by atoms with E-state index in [4.69, 9.17) is 0 Å². The van der Waals surface area contributed by atoms with Crippen LogP contribution in [0.4, 0.5) is 0 Å². The molecule has 122 valence electrons. The van der Waals surface area contributed by atoms with E-state index in [1.807, 2.05) is 7.05 Å². The molecule has 1 aromatic rings. The van der Waals surface area contributed by atoms with Gasteiger partial charge < -0.3 is 4.90 Å². The number of benzene rings is 1. The number of aryl methyl sites for hydroxylation is 1. The second-order valence-electron chi connectivity index (χ2n) is 6.40. The van der Waals surface area contributed by atoms with E-state index in [-0.39, 0.29) is 24.1 Å². The van der Waals surface area contributed by atoms with Gasteiger partial charge in [0.05, 0.1) is 5.75 Å². The Hall–Kier alpha value is -1.36. The fourth-order valence-corrected chi connectivity index (χ4v) is 3.79. The van der Waals surface area contributed by atoms with E-state index in [9.17, 15) is 13.2 Å². The predicted molar refractivity (Wildman–Crippen MR) is 88.7 cm³/mol. The number of amides is 1. The Bertz CT molecular complexity index is 622. The van der Waals surface area contributed by atoms with Gasteiger partial charge in [-0.15, -0.1) is 0 Å². The maximum atomic E-state index is 12.3. The molecule has 0 aliphatic heterocycles. The first-order valence-corrected chi connectivity index (χ1v) is 9.84. The van der Waals surface area contributed by atoms with E-state index in [2.05, 4.69) is 31.2 Å². The number of nitrogens with zero attached hydrogens (tertiary/aromatic N) is 1. The van der Waals surface area contributed by atoms with Crippen molar-refractivity contribution in [3.05, 3.63) is 35.4 Å². The molecule has 0 bridgehead atoms. The Morgan fingerprint density at radius 1 is 1.23 bits per heavy atom. The first-order chi connectivity index (χ1) is 10.3. The summed E-state index contributed by atoms with van der Waals surface area (Å²) >= 11 is 0. The summed E-state index contributed by atoms with van der Waals surface area (Å²) in [6.45, 7) is 2.07. The largest absolute Gasteiger partial charge is 0.342 e. The van der Waals surface area contributed by atoms with Crippen molar-refractivity contribution in [3.63, 3.8) is 0 Å². The number of carbonyl (C=O) groups is 1. The van der Waals surface area contributed by atoms with Crippen molar-refractivity contribution in [1.82, 2.24) is 4.90 Å². The van der Waals surface area contributed by atoms with Gasteiger partial charge in [-0.1, -0.05) is 36.2 Å². The van der Waals surface area contributed by atoms with Crippen LogP contribution in [0.15, 0.2) is 24.3 Å². The maximum absolute atomic E-state index is 12.3. The van der Waals surface area contributed by atoms with Crippen molar-refractivity contribution in [1.29, 1.82) is 0 Å². The minimum absolute atomic E-state index is 0.0713. The van der Waals surface area contributed by atoms with Crippen LogP contribution in [0.5, 0.6) is 0 Å². The molecule has 0 spiro atoms. The minimum Gasteiger partial charge on any atom is -0.342 e. The minimum atomic E-state index is -3.09. The quantitative estimate of drug-likeness (QED) is 0.836. The smallest absolute Gasteiger partial charge is 0.223 e. The summed E-state index contributed by atoms with van der Waals surface area (Å²) in [5.74, 6) is 0.208. The molecule has 1 aromatic carbocycles. The lowest BCUT2D eigenvalue weighted by molar-refractivity contribution is -0.131. The molecule has 2 rings (SSSR count). The van der Waals surface area contributed by atoms with Crippen LogP contribution in [0.3, 0.4) is 0 Å². The molecule has 22 heavy (non-hydrogen) atoms. The lowest BCUT2D eigenvalue weighted by atomic mass is 9.92. The Morgan fingerprint density at radius 3 is 2.45 bits per heavy atom. The zero-order valence-corrected chi connectivity index (χ0v) is 14.4. The number of hydrogen-bond donors (Lipinski definition) is 0. The summed E-state index contributed by atoms with van der Waals surface area (Å²) < 4.78 is 22.5. The van der Waals surface area contributed by atoms with E-state index in [1.54, 1.807) is 4.90 Å². The summed E-state index contributed by atoms with van der Waals surface area (Å²) in [6.07, 6.45) is 4.42. The molecule has 1 fully saturated rings. The average Bonchev–Trinajstić information content (AvgIpc) is 2.93. The standard InChI is InChI=1S/C17H25NO3S/c1-13-7-9-14(10-8-13)15-5-4-6-16(15)18(2)17(19)11-12-22(3,20)21/h7-10,15-16H,4-6,11-12H2,1-3H3/t15-,16-/m1/s1. The van der Waals surface area contributed by atoms with Gasteiger partial charge in [0.1, 0.15) is 9.84 Å². The Balaban J connectivity index is 2.06. The fraction of sp³-hybridized carbons (Fsp3) is 0.588. The monoisotopic (exact) mass is 323 g/mol. The Kier molecular flexibility index (Phi) is 5.27. The summed E-state index contributed by atoms with van der Waals surface area (Å²) in [6, 6.07) is 8.68. The predicted octanol–water partition coefficient (Wildman–Crippen LogP) is 2.52. The first-order valence-electron chi connectivity index (χ1n) is 7.78. The topological polar surface area (TPSA) is 54.5 Å². The van der Waals surface area contributed by atoms with Crippen LogP contribution in [-0.2, 0) is 14.6 Å². The van der Waals surface area contributed by atoms with E-state index in [0.717, 1.165) is 19.3 Å². The molecule has 1 saturated carbocycles. The third kappa shape index (κ3) is 4.32. The zero-order chi connectivity index (χ0) is 16.3. The van der Waals surface area contributed by atoms with Gasteiger partial charge in [-0.25, -0.2) is 8.42 Å². The summed E-state index contributed by atoms with van der Waals surface area (Å²) in [5, 5.41) is 0. The summed E-state index contributed by atoms with van der Waals surface area (Å²) in [7, 11) is -1.29. The highest BCUT2D eigenvalue weighted by Gasteiger charge is 2.33. The maximum Gasteiger partial charge on any atom is 0.223 e. The fourth-order valence-electron chi connectivity index (χ4n) is 3.24. The van der Waals surface area contributed by atoms with Gasteiger partial charge >= 0.3 is 0 Å². The molecule has 0 saturated heterocycles. The molecule has 2 atom stereocenters. The molecule has 4 nitrogen and oxygen atoms in total. The molecule has 0 unspecified atom stereocenters. The van der Waals surface area contributed by atoms with Crippen LogP contribution in [0.2, 0.25) is 0 Å². The average molecular weight is 323 g/mol. The van der Waals surface area contributed by atoms with Gasteiger partial charge in [0.2, 0.25) is 5.91 Å². The molecule has 0 radical (unpaired) electrons. The zero-order valence-electron chi connectivity index (χ0n) is 13.6. The molecule has 1 aliphatic carbocycles. The van der Waals surface area contributed by atoms with Crippen molar-refractivity contribution in [2.75, 3.05) is 19.1 Å². The number of sulfone groups is 1. The van der Waals surface area contributed by atoms with E-state index >= 15 is 0 Å². The highest BCUT2D eigenvalue weighted by molar-refractivity contribution is 7.90. The molecule has 0 aromatic heterocycles. The molecular formula is C17H25NO3S. The van der Waals surface area contributed by atoms with Gasteiger partial charge in [-0.05, 0) is 25.3 Å². The first kappa shape index (κ1) is 17.0. The van der Waals surface area contributed by atoms with Gasteiger partial charge in [-0.3, -0.25) is 4.79 Å². The third-order valence-corrected chi connectivity index (χ3v) is 5.51. The highest BCUT2D eigenvalue weighted by atomic mass is 32.2. The van der Waals surface area contributed by atoms with Crippen LogP contribution in [0, 0.1) is 6.92 Å². The molecule has 0 heterocycles. The third-order valence-electron chi connectivity index (χ3n) is 4.56. The molecule has 0 N–H and O–H groups in total. The van der Waals surface area contributed by atoms with Crippen molar-refractivity contribution < 1.29 is 13.2 Å². The Labute approximate surface area is 133 Å². The molecular weight excluding hydrogens is 298 g/mol. The number of hydrogen-bond acceptors (Lipinski definition) is 3. The van der Waals surface area contributed by atoms with Gasteiger partial charge in [0.15, 0.2) is 0 Å². The van der Waals surface area contributed by atoms with Crippen LogP contribution in [0.25, 0.3) is 0 Å². The molecule has 5 heteroatoms. The van der Waals surface area contributed by atoms with Gasteiger partial charge in [0.25, 0.3) is 0 Å². The van der Waals surface area contributed by atoms with Crippen molar-refractivity contribution in [2.24, 2.45) is 0 Å². The lowest BCUT2D eigenvalue weighted by Gasteiger charge is -2.30. The Morgan fingerprint density at radius 2 is 1.86 bits per heavy atom. The van der Waals surface area contributed by atoms with Crippen LogP contribution >= 0.6 is 0 Å². The molecule has 1 amide bonds. The van der Waals surface area contributed by atoms with Crippen LogP contribution < -0.4 is 0 Å². The van der Waals surface area contributed by atoms with E-state index in [1.165, 1.54) is 17.4 Å². The normalized spacial score (nSPS) is 21.8. The summed E-state index contributed by atoms with van der Waals surface area (Å²) in [5.41, 5.74) is 2.51. The molecule has 1 aliphatic rings. The van der Waals surface area contributed by atoms with Crippen LogP contribution in [0.1, 0.15) is 42.7 Å². The van der Waals surface area contributed by atoms with Gasteiger partial charge in [0, 0.05) is 31.7 Å². The number of carbonyl (C=O) groups excluding carboxylic acids is 1. The lowest BCUT2D eigenvalue weighted by Crippen LogP contribution is -2.39. The van der Waals surface area contributed by atoms with Crippen molar-refractivity contribution >= 4 is 15.7 Å². The van der Waals surface area contributed by atoms with Crippen molar-refractivity contribution in [3.8, 4) is 0 Å². The SMILES string of the molecule is Cc1ccc([C@H]2CCC[C@H]2N(C)C(=O)CCS(C)(=O)=O)cc1. The van der Waals surface area contributed by atoms with Crippen molar-refractivity contribution in [2.45, 2.75) is 44.6 Å².